The van der Waals surface area contributed by atoms with E-state index in [2.05, 4.69) is 5.32 Å². The molecule has 0 saturated heterocycles. The molecule has 1 aromatic rings. The summed E-state index contributed by atoms with van der Waals surface area (Å²) in [5, 5.41) is 12.9. The van der Waals surface area contributed by atoms with E-state index in [1.165, 1.54) is 29.2 Å². The largest absolute Gasteiger partial charge is 0.387 e. The Morgan fingerprint density at radius 1 is 1.15 bits per heavy atom. The highest BCUT2D eigenvalue weighted by Crippen LogP contribution is 2.16. The topological polar surface area (TPSA) is 95.7 Å². The molecule has 6 nitrogen and oxygen atoms in total. The molecule has 0 radical (unpaired) electrons. The predicted molar refractivity (Wildman–Crippen MR) is 98.6 cm³/mol. The molecule has 0 saturated carbocycles. The van der Waals surface area contributed by atoms with Gasteiger partial charge in [0.05, 0.1) is 25.2 Å². The lowest BCUT2D eigenvalue weighted by Crippen LogP contribution is -2.49. The van der Waals surface area contributed by atoms with Gasteiger partial charge >= 0.3 is 0 Å². The molecular formula is C19H30FN3O3. The molecule has 0 fully saturated rings. The van der Waals surface area contributed by atoms with Gasteiger partial charge < -0.3 is 21.1 Å². The van der Waals surface area contributed by atoms with E-state index in [1.54, 1.807) is 0 Å². The molecule has 1 rings (SSSR count). The van der Waals surface area contributed by atoms with Crippen molar-refractivity contribution in [2.24, 2.45) is 17.6 Å². The Bertz CT molecular complexity index is 590. The van der Waals surface area contributed by atoms with Crippen molar-refractivity contribution in [2.75, 3.05) is 19.6 Å². The summed E-state index contributed by atoms with van der Waals surface area (Å²) < 4.78 is 13.0. The minimum absolute atomic E-state index is 0.0304. The highest BCUT2D eigenvalue weighted by atomic mass is 19.1. The first kappa shape index (κ1) is 22.1. The Labute approximate surface area is 154 Å². The number of hydrogen-bond donors (Lipinski definition) is 3. The monoisotopic (exact) mass is 367 g/mol. The molecule has 0 aliphatic carbocycles. The molecule has 0 aromatic heterocycles. The van der Waals surface area contributed by atoms with Crippen LogP contribution >= 0.6 is 0 Å². The fourth-order valence-corrected chi connectivity index (χ4v) is 2.41. The van der Waals surface area contributed by atoms with Crippen LogP contribution in [-0.4, -0.2) is 47.5 Å². The van der Waals surface area contributed by atoms with Crippen molar-refractivity contribution < 1.29 is 19.1 Å². The molecule has 0 bridgehead atoms. The van der Waals surface area contributed by atoms with Gasteiger partial charge in [0.15, 0.2) is 0 Å². The summed E-state index contributed by atoms with van der Waals surface area (Å²) in [4.78, 5) is 25.9. The lowest BCUT2D eigenvalue weighted by molar-refractivity contribution is -0.135. The first-order chi connectivity index (χ1) is 12.1. The number of nitrogens with zero attached hydrogens (tertiary/aromatic N) is 1. The molecule has 0 aliphatic heterocycles. The molecule has 0 spiro atoms. The van der Waals surface area contributed by atoms with Crippen molar-refractivity contribution in [1.29, 1.82) is 0 Å². The molecule has 1 unspecified atom stereocenters. The van der Waals surface area contributed by atoms with Crippen molar-refractivity contribution in [3.05, 3.63) is 35.6 Å². The van der Waals surface area contributed by atoms with E-state index in [4.69, 9.17) is 5.73 Å². The van der Waals surface area contributed by atoms with Gasteiger partial charge in [0.25, 0.3) is 0 Å². The van der Waals surface area contributed by atoms with Gasteiger partial charge in [-0.2, -0.15) is 0 Å². The van der Waals surface area contributed by atoms with Gasteiger partial charge in [0.2, 0.25) is 11.8 Å². The van der Waals surface area contributed by atoms with Crippen LogP contribution in [0.2, 0.25) is 0 Å². The highest BCUT2D eigenvalue weighted by molar-refractivity contribution is 5.87. The Balaban J connectivity index is 2.71. The van der Waals surface area contributed by atoms with Crippen LogP contribution in [0.1, 0.15) is 39.4 Å². The predicted octanol–water partition coefficient (Wildman–Crippen LogP) is 1.44. The Kier molecular flexibility index (Phi) is 8.68. The zero-order chi connectivity index (χ0) is 19.9. The van der Waals surface area contributed by atoms with Crippen LogP contribution < -0.4 is 11.1 Å². The van der Waals surface area contributed by atoms with Gasteiger partial charge in [0.1, 0.15) is 5.82 Å². The summed E-state index contributed by atoms with van der Waals surface area (Å²) in [6.07, 6.45) is -0.938. The normalized spacial score (nSPS) is 13.6. The Morgan fingerprint density at radius 2 is 1.73 bits per heavy atom. The minimum Gasteiger partial charge on any atom is -0.387 e. The number of halogens is 1. The lowest BCUT2D eigenvalue weighted by atomic mass is 10.1. The zero-order valence-electron chi connectivity index (χ0n) is 15.9. The molecule has 2 amide bonds. The summed E-state index contributed by atoms with van der Waals surface area (Å²) in [5.41, 5.74) is 6.29. The van der Waals surface area contributed by atoms with Crippen molar-refractivity contribution in [1.82, 2.24) is 10.2 Å². The second-order valence-electron chi connectivity index (χ2n) is 7.25. The number of nitrogens with one attached hydrogen (secondary N) is 1. The molecule has 26 heavy (non-hydrogen) atoms. The number of amides is 2. The number of benzene rings is 1. The molecule has 1 aromatic carbocycles. The Morgan fingerprint density at radius 3 is 2.23 bits per heavy atom. The van der Waals surface area contributed by atoms with Crippen LogP contribution in [0.3, 0.4) is 0 Å². The number of rotatable bonds is 9. The van der Waals surface area contributed by atoms with E-state index in [0.717, 1.165) is 0 Å². The summed E-state index contributed by atoms with van der Waals surface area (Å²) in [6, 6.07) is 4.83. The average molecular weight is 367 g/mol. The summed E-state index contributed by atoms with van der Waals surface area (Å²) >= 11 is 0. The second-order valence-corrected chi connectivity index (χ2v) is 7.25. The fraction of sp³-hybridized carbons (Fsp3) is 0.579. The third kappa shape index (κ3) is 7.09. The maximum atomic E-state index is 13.0. The minimum atomic E-state index is -0.938. The summed E-state index contributed by atoms with van der Waals surface area (Å²) in [7, 11) is 0. The van der Waals surface area contributed by atoms with E-state index in [-0.39, 0.29) is 42.6 Å². The first-order valence-corrected chi connectivity index (χ1v) is 8.86. The van der Waals surface area contributed by atoms with Gasteiger partial charge in [-0.25, -0.2) is 4.39 Å². The molecule has 146 valence electrons. The number of hydrogen-bond acceptors (Lipinski definition) is 4. The molecule has 0 heterocycles. The van der Waals surface area contributed by atoms with E-state index < -0.39 is 12.1 Å². The Hall–Kier alpha value is -1.99. The van der Waals surface area contributed by atoms with Gasteiger partial charge in [-0.15, -0.1) is 0 Å². The average Bonchev–Trinajstić information content (AvgIpc) is 2.57. The van der Waals surface area contributed by atoms with E-state index in [0.29, 0.717) is 12.1 Å². The van der Waals surface area contributed by atoms with Crippen LogP contribution in [0.15, 0.2) is 24.3 Å². The lowest BCUT2D eigenvalue weighted by Gasteiger charge is -2.27. The smallest absolute Gasteiger partial charge is 0.242 e. The third-order valence-corrected chi connectivity index (χ3v) is 4.02. The molecule has 2 atom stereocenters. The fourth-order valence-electron chi connectivity index (χ4n) is 2.41. The quantitative estimate of drug-likeness (QED) is 0.615. The van der Waals surface area contributed by atoms with E-state index >= 15 is 0 Å². The number of carbonyl (C=O) groups excluding carboxylic acids is 2. The second kappa shape index (κ2) is 10.2. The van der Waals surface area contributed by atoms with Gasteiger partial charge in [-0.05, 0) is 29.5 Å². The first-order valence-electron chi connectivity index (χ1n) is 8.86. The zero-order valence-corrected chi connectivity index (χ0v) is 15.9. The molecular weight excluding hydrogens is 337 g/mol. The maximum absolute atomic E-state index is 13.0. The SMILES string of the molecule is CC(C)CN(CC(O)c1ccc(F)cc1)C(=O)CNC(=O)[C@@H](N)C(C)C. The van der Waals surface area contributed by atoms with Gasteiger partial charge in [0, 0.05) is 6.54 Å². The third-order valence-electron chi connectivity index (χ3n) is 4.02. The number of nitrogens with two attached hydrogens (primary N) is 1. The van der Waals surface area contributed by atoms with Crippen molar-refractivity contribution >= 4 is 11.8 Å². The van der Waals surface area contributed by atoms with Gasteiger partial charge in [-0.3, -0.25) is 9.59 Å². The molecule has 0 aliphatic rings. The number of aliphatic hydroxyl groups is 1. The summed E-state index contributed by atoms with van der Waals surface area (Å²) in [5.74, 6) is -0.911. The van der Waals surface area contributed by atoms with Crippen molar-refractivity contribution in [2.45, 2.75) is 39.8 Å². The van der Waals surface area contributed by atoms with Crippen molar-refractivity contribution in [3.63, 3.8) is 0 Å². The molecule has 7 heteroatoms. The van der Waals surface area contributed by atoms with Crippen LogP contribution in [-0.2, 0) is 9.59 Å². The van der Waals surface area contributed by atoms with Crippen LogP contribution in [0.4, 0.5) is 4.39 Å². The van der Waals surface area contributed by atoms with E-state index in [9.17, 15) is 19.1 Å². The van der Waals surface area contributed by atoms with Crippen LogP contribution in [0, 0.1) is 17.7 Å². The van der Waals surface area contributed by atoms with Crippen LogP contribution in [0.25, 0.3) is 0 Å². The maximum Gasteiger partial charge on any atom is 0.242 e. The number of aliphatic hydroxyl groups excluding tert-OH is 1. The number of carbonyl (C=O) groups is 2. The standard InChI is InChI=1S/C19H30FN3O3/c1-12(2)10-23(11-16(24)14-5-7-15(20)8-6-14)17(25)9-22-19(26)18(21)13(3)4/h5-8,12-13,16,18,24H,9-11,21H2,1-4H3,(H,22,26)/t16?,18-/m0/s1. The molecule has 4 N–H and O–H groups in total. The van der Waals surface area contributed by atoms with Crippen LogP contribution in [0.5, 0.6) is 0 Å². The van der Waals surface area contributed by atoms with E-state index in [1.807, 2.05) is 27.7 Å². The highest BCUT2D eigenvalue weighted by Gasteiger charge is 2.22. The summed E-state index contributed by atoms with van der Waals surface area (Å²) in [6.45, 7) is 7.89. The van der Waals surface area contributed by atoms with Crippen molar-refractivity contribution in [3.8, 4) is 0 Å². The van der Waals surface area contributed by atoms with Gasteiger partial charge in [-0.1, -0.05) is 39.8 Å².